The van der Waals surface area contributed by atoms with E-state index < -0.39 is 0 Å². The first kappa shape index (κ1) is 16.9. The van der Waals surface area contributed by atoms with Gasteiger partial charge in [0.25, 0.3) is 5.91 Å². The van der Waals surface area contributed by atoms with Crippen LogP contribution in [-0.4, -0.2) is 66.2 Å². The topological polar surface area (TPSA) is 80.7 Å². The lowest BCUT2D eigenvalue weighted by atomic mass is 10.2. The Balaban J connectivity index is 1.65. The summed E-state index contributed by atoms with van der Waals surface area (Å²) in [4.78, 5) is 29.3. The van der Waals surface area contributed by atoms with E-state index >= 15 is 0 Å². The molecule has 2 aromatic rings. The van der Waals surface area contributed by atoms with Crippen molar-refractivity contribution in [3.05, 3.63) is 35.8 Å². The summed E-state index contributed by atoms with van der Waals surface area (Å²) in [6.45, 7) is 4.48. The highest BCUT2D eigenvalue weighted by Gasteiger charge is 2.23. The highest BCUT2D eigenvalue weighted by atomic mass is 16.5. The maximum Gasteiger partial charge on any atom is 0.255 e. The van der Waals surface area contributed by atoms with Crippen LogP contribution in [0.1, 0.15) is 16.2 Å². The first-order valence-corrected chi connectivity index (χ1v) is 8.04. The van der Waals surface area contributed by atoms with Crippen molar-refractivity contribution in [1.29, 1.82) is 0 Å². The van der Waals surface area contributed by atoms with Crippen LogP contribution in [0.5, 0.6) is 11.8 Å². The fraction of sp³-hybridized carbons (Fsp3) is 0.412. The van der Waals surface area contributed by atoms with Crippen LogP contribution in [0.2, 0.25) is 0 Å². The zero-order valence-corrected chi connectivity index (χ0v) is 14.6. The van der Waals surface area contributed by atoms with Crippen LogP contribution in [0.4, 0.5) is 5.82 Å². The smallest absolute Gasteiger partial charge is 0.255 e. The maximum absolute atomic E-state index is 12.6. The molecule has 3 heterocycles. The summed E-state index contributed by atoms with van der Waals surface area (Å²) in [5.41, 5.74) is 0.564. The van der Waals surface area contributed by atoms with Crippen LogP contribution in [0.25, 0.3) is 0 Å². The molecule has 0 unspecified atom stereocenters. The molecule has 1 aliphatic heterocycles. The number of aromatic nitrogens is 3. The molecule has 0 saturated carbocycles. The fourth-order valence-corrected chi connectivity index (χ4v) is 2.74. The van der Waals surface area contributed by atoms with Crippen molar-refractivity contribution >= 4 is 11.7 Å². The van der Waals surface area contributed by atoms with Crippen LogP contribution in [0.15, 0.2) is 24.4 Å². The number of aryl methyl sites for hydroxylation is 1. The number of pyridine rings is 1. The van der Waals surface area contributed by atoms with E-state index in [1.807, 2.05) is 17.9 Å². The number of carbonyl (C=O) groups is 1. The summed E-state index contributed by atoms with van der Waals surface area (Å²) in [5, 5.41) is 0. The van der Waals surface area contributed by atoms with Crippen LogP contribution >= 0.6 is 0 Å². The molecule has 0 aromatic carbocycles. The van der Waals surface area contributed by atoms with Crippen molar-refractivity contribution in [2.75, 3.05) is 45.3 Å². The number of methoxy groups -OCH3 is 2. The van der Waals surface area contributed by atoms with E-state index in [1.54, 1.807) is 32.5 Å². The van der Waals surface area contributed by atoms with E-state index in [1.165, 1.54) is 0 Å². The molecule has 0 atom stereocenters. The van der Waals surface area contributed by atoms with Crippen molar-refractivity contribution < 1.29 is 14.3 Å². The van der Waals surface area contributed by atoms with Gasteiger partial charge in [-0.2, -0.15) is 4.98 Å². The molecule has 25 heavy (non-hydrogen) atoms. The van der Waals surface area contributed by atoms with Crippen molar-refractivity contribution in [3.63, 3.8) is 0 Å². The molecule has 0 bridgehead atoms. The van der Waals surface area contributed by atoms with Gasteiger partial charge in [-0.1, -0.05) is 0 Å². The first-order valence-electron chi connectivity index (χ1n) is 8.04. The van der Waals surface area contributed by atoms with E-state index in [0.29, 0.717) is 49.3 Å². The Labute approximate surface area is 146 Å². The zero-order valence-electron chi connectivity index (χ0n) is 14.6. The molecule has 0 radical (unpaired) electrons. The molecule has 0 aliphatic carbocycles. The normalized spacial score (nSPS) is 14.4. The Morgan fingerprint density at radius 1 is 1.04 bits per heavy atom. The minimum Gasteiger partial charge on any atom is -0.481 e. The van der Waals surface area contributed by atoms with E-state index in [9.17, 15) is 4.79 Å². The molecule has 2 aromatic heterocycles. The van der Waals surface area contributed by atoms with E-state index in [2.05, 4.69) is 19.9 Å². The average molecular weight is 343 g/mol. The second-order valence-corrected chi connectivity index (χ2v) is 5.68. The van der Waals surface area contributed by atoms with Gasteiger partial charge in [0.05, 0.1) is 19.8 Å². The van der Waals surface area contributed by atoms with Gasteiger partial charge in [0, 0.05) is 44.5 Å². The molecule has 1 fully saturated rings. The largest absolute Gasteiger partial charge is 0.481 e. The van der Waals surface area contributed by atoms with Crippen molar-refractivity contribution in [3.8, 4) is 11.8 Å². The number of hydrogen-bond donors (Lipinski definition) is 0. The molecule has 3 rings (SSSR count). The number of carbonyl (C=O) groups excluding carboxylic acids is 1. The molecular weight excluding hydrogens is 322 g/mol. The Kier molecular flexibility index (Phi) is 4.97. The van der Waals surface area contributed by atoms with Gasteiger partial charge in [-0.3, -0.25) is 4.79 Å². The molecule has 132 valence electrons. The Morgan fingerprint density at radius 3 is 2.36 bits per heavy atom. The van der Waals surface area contributed by atoms with Gasteiger partial charge < -0.3 is 19.3 Å². The highest BCUT2D eigenvalue weighted by molar-refractivity contribution is 5.94. The van der Waals surface area contributed by atoms with Crippen molar-refractivity contribution in [2.24, 2.45) is 0 Å². The van der Waals surface area contributed by atoms with Gasteiger partial charge >= 0.3 is 0 Å². The van der Waals surface area contributed by atoms with E-state index in [0.717, 1.165) is 5.82 Å². The maximum atomic E-state index is 12.6. The molecule has 1 aliphatic rings. The molecule has 1 saturated heterocycles. The summed E-state index contributed by atoms with van der Waals surface area (Å²) in [5.74, 6) is 2.51. The first-order chi connectivity index (χ1) is 12.1. The molecule has 0 N–H and O–H groups in total. The Hall–Kier alpha value is -2.90. The second kappa shape index (κ2) is 7.33. The summed E-state index contributed by atoms with van der Waals surface area (Å²) < 4.78 is 10.2. The molecule has 1 amide bonds. The Bertz CT molecular complexity index is 742. The predicted octanol–water partition coefficient (Wildman–Crippen LogP) is 1.16. The number of hydrogen-bond acceptors (Lipinski definition) is 7. The lowest BCUT2D eigenvalue weighted by Gasteiger charge is -2.35. The number of anilines is 1. The third-order valence-electron chi connectivity index (χ3n) is 4.09. The Morgan fingerprint density at radius 2 is 1.76 bits per heavy atom. The number of nitrogens with zero attached hydrogens (tertiary/aromatic N) is 5. The minimum absolute atomic E-state index is 0.0220. The summed E-state index contributed by atoms with van der Waals surface area (Å²) in [7, 11) is 3.14. The highest BCUT2D eigenvalue weighted by Crippen LogP contribution is 2.19. The van der Waals surface area contributed by atoms with Crippen molar-refractivity contribution in [1.82, 2.24) is 19.9 Å². The van der Waals surface area contributed by atoms with Crippen molar-refractivity contribution in [2.45, 2.75) is 6.92 Å². The van der Waals surface area contributed by atoms with E-state index in [4.69, 9.17) is 9.47 Å². The number of piperazine rings is 1. The summed E-state index contributed by atoms with van der Waals surface area (Å²) in [6, 6.07) is 5.25. The quantitative estimate of drug-likeness (QED) is 0.824. The average Bonchev–Trinajstić information content (AvgIpc) is 2.67. The molecule has 8 heteroatoms. The fourth-order valence-electron chi connectivity index (χ4n) is 2.74. The van der Waals surface area contributed by atoms with Crippen LogP contribution in [0.3, 0.4) is 0 Å². The number of ether oxygens (including phenoxy) is 2. The third kappa shape index (κ3) is 3.78. The number of amides is 1. The van der Waals surface area contributed by atoms with Gasteiger partial charge in [-0.15, -0.1) is 0 Å². The number of rotatable bonds is 4. The zero-order chi connectivity index (χ0) is 17.8. The van der Waals surface area contributed by atoms with Crippen LogP contribution < -0.4 is 14.4 Å². The predicted molar refractivity (Wildman–Crippen MR) is 92.2 cm³/mol. The molecule has 0 spiro atoms. The van der Waals surface area contributed by atoms with Gasteiger partial charge in [0.1, 0.15) is 11.6 Å². The summed E-state index contributed by atoms with van der Waals surface area (Å²) >= 11 is 0. The standard InChI is InChI=1S/C17H21N5O3/c1-12-19-14(10-16(20-12)25-3)21-6-8-22(9-7-21)17(23)13-4-5-15(24-2)18-11-13/h4-5,10-11H,6-9H2,1-3H3. The molecule has 8 nitrogen and oxygen atoms in total. The lowest BCUT2D eigenvalue weighted by Crippen LogP contribution is -2.49. The van der Waals surface area contributed by atoms with E-state index in [-0.39, 0.29) is 5.91 Å². The van der Waals surface area contributed by atoms with Gasteiger partial charge in [0.2, 0.25) is 11.8 Å². The SMILES string of the molecule is COc1ccc(C(=O)N2CCN(c3cc(OC)nc(C)n3)CC2)cn1. The van der Waals surface area contributed by atoms with Gasteiger partial charge in [-0.25, -0.2) is 9.97 Å². The third-order valence-corrected chi connectivity index (χ3v) is 4.09. The van der Waals surface area contributed by atoms with Crippen LogP contribution in [-0.2, 0) is 0 Å². The minimum atomic E-state index is -0.0220. The van der Waals surface area contributed by atoms with Gasteiger partial charge in [0.15, 0.2) is 0 Å². The monoisotopic (exact) mass is 343 g/mol. The lowest BCUT2D eigenvalue weighted by molar-refractivity contribution is 0.0746. The van der Waals surface area contributed by atoms with Crippen LogP contribution in [0, 0.1) is 6.92 Å². The molecular formula is C17H21N5O3. The van der Waals surface area contributed by atoms with Gasteiger partial charge in [-0.05, 0) is 13.0 Å². The second-order valence-electron chi connectivity index (χ2n) is 5.68. The summed E-state index contributed by atoms with van der Waals surface area (Å²) in [6.07, 6.45) is 1.55.